The first-order valence-electron chi connectivity index (χ1n) is 7.88. The molecule has 1 aromatic heterocycles. The zero-order valence-corrected chi connectivity index (χ0v) is 16.3. The van der Waals surface area contributed by atoms with Gasteiger partial charge in [-0.2, -0.15) is 0 Å². The Morgan fingerprint density at radius 1 is 1.19 bits per heavy atom. The summed E-state index contributed by atoms with van der Waals surface area (Å²) in [5.74, 6) is 0.450. The van der Waals surface area contributed by atoms with Crippen LogP contribution in [0, 0.1) is 6.92 Å². The van der Waals surface area contributed by atoms with Crippen LogP contribution in [0.5, 0.6) is 5.75 Å². The van der Waals surface area contributed by atoms with Gasteiger partial charge >= 0.3 is 0 Å². The molecule has 1 N–H and O–H groups in total. The molecule has 3 rings (SSSR count). The molecule has 0 aliphatic carbocycles. The zero-order chi connectivity index (χ0) is 18.5. The average molecular weight is 407 g/mol. The van der Waals surface area contributed by atoms with Gasteiger partial charge in [-0.25, -0.2) is 4.98 Å². The van der Waals surface area contributed by atoms with Crippen molar-refractivity contribution in [2.24, 2.45) is 0 Å². The molecule has 0 bridgehead atoms. The number of thiazole rings is 1. The first-order valence-corrected chi connectivity index (χ1v) is 9.45. The number of nitrogens with zero attached hydrogens (tertiary/aromatic N) is 1. The number of benzene rings is 2. The van der Waals surface area contributed by atoms with E-state index in [1.807, 2.05) is 43.3 Å². The fraction of sp³-hybridized carbons (Fsp3) is 0.158. The topological polar surface area (TPSA) is 51.2 Å². The van der Waals surface area contributed by atoms with Crippen LogP contribution < -0.4 is 10.1 Å². The summed E-state index contributed by atoms with van der Waals surface area (Å²) >= 11 is 13.4. The number of aryl methyl sites for hydroxylation is 1. The third-order valence-corrected chi connectivity index (χ3v) is 5.27. The fourth-order valence-electron chi connectivity index (χ4n) is 2.31. The highest BCUT2D eigenvalue weighted by Crippen LogP contribution is 2.26. The largest absolute Gasteiger partial charge is 0.483 e. The van der Waals surface area contributed by atoms with Gasteiger partial charge in [0.25, 0.3) is 5.91 Å². The number of aromatic nitrogens is 1. The number of nitrogens with one attached hydrogen (secondary N) is 1. The van der Waals surface area contributed by atoms with Crippen molar-refractivity contribution in [3.8, 4) is 5.75 Å². The molecule has 1 heterocycles. The molecule has 0 aliphatic rings. The minimum atomic E-state index is -0.247. The van der Waals surface area contributed by atoms with Crippen molar-refractivity contribution < 1.29 is 9.53 Å². The van der Waals surface area contributed by atoms with E-state index in [0.29, 0.717) is 27.3 Å². The van der Waals surface area contributed by atoms with Crippen molar-refractivity contribution in [1.29, 1.82) is 0 Å². The van der Waals surface area contributed by atoms with Crippen molar-refractivity contribution in [2.45, 2.75) is 13.3 Å². The van der Waals surface area contributed by atoms with Gasteiger partial charge in [-0.05, 0) is 36.2 Å². The molecule has 4 nitrogen and oxygen atoms in total. The van der Waals surface area contributed by atoms with Crippen LogP contribution in [0.3, 0.4) is 0 Å². The number of rotatable bonds is 6. The Morgan fingerprint density at radius 3 is 2.77 bits per heavy atom. The second-order valence-corrected chi connectivity index (χ2v) is 7.59. The predicted molar refractivity (Wildman–Crippen MR) is 107 cm³/mol. The van der Waals surface area contributed by atoms with Gasteiger partial charge in [0.15, 0.2) is 11.7 Å². The van der Waals surface area contributed by atoms with Crippen LogP contribution in [-0.2, 0) is 11.2 Å². The summed E-state index contributed by atoms with van der Waals surface area (Å²) in [5, 5.41) is 4.35. The number of hydrogen-bond acceptors (Lipinski definition) is 4. The van der Waals surface area contributed by atoms with Crippen LogP contribution >= 0.6 is 34.5 Å². The van der Waals surface area contributed by atoms with E-state index in [2.05, 4.69) is 10.3 Å². The van der Waals surface area contributed by atoms with E-state index >= 15 is 0 Å². The van der Waals surface area contributed by atoms with Gasteiger partial charge in [0.05, 0.1) is 10.0 Å². The molecule has 0 atom stereocenters. The van der Waals surface area contributed by atoms with Crippen molar-refractivity contribution >= 4 is 45.6 Å². The number of ether oxygens (including phenoxy) is 1. The summed E-state index contributed by atoms with van der Waals surface area (Å²) in [4.78, 5) is 17.3. The Bertz CT molecular complexity index is 927. The Kier molecular flexibility index (Phi) is 6.14. The second kappa shape index (κ2) is 8.54. The van der Waals surface area contributed by atoms with Crippen LogP contribution in [0.4, 0.5) is 5.13 Å². The van der Waals surface area contributed by atoms with E-state index in [-0.39, 0.29) is 12.5 Å². The average Bonchev–Trinajstić information content (AvgIpc) is 3.04. The molecule has 0 saturated heterocycles. The van der Waals surface area contributed by atoms with E-state index in [0.717, 1.165) is 16.0 Å². The number of carbonyl (C=O) groups is 1. The Balaban J connectivity index is 1.55. The van der Waals surface area contributed by atoms with Crippen LogP contribution in [0.25, 0.3) is 0 Å². The minimum absolute atomic E-state index is 0.0629. The number of hydrogen-bond donors (Lipinski definition) is 1. The lowest BCUT2D eigenvalue weighted by molar-refractivity contribution is -0.118. The summed E-state index contributed by atoms with van der Waals surface area (Å²) in [6.07, 6.45) is 2.41. The highest BCUT2D eigenvalue weighted by Gasteiger charge is 2.09. The van der Waals surface area contributed by atoms with Gasteiger partial charge in [-0.1, -0.05) is 47.5 Å². The first-order chi connectivity index (χ1) is 12.5. The molecule has 1 amide bonds. The van der Waals surface area contributed by atoms with Crippen molar-refractivity contribution in [1.82, 2.24) is 4.98 Å². The second-order valence-electron chi connectivity index (χ2n) is 5.66. The van der Waals surface area contributed by atoms with Crippen LogP contribution in [0.1, 0.15) is 16.0 Å². The maximum Gasteiger partial charge on any atom is 0.264 e. The van der Waals surface area contributed by atoms with E-state index in [9.17, 15) is 4.79 Å². The molecule has 0 fully saturated rings. The highest BCUT2D eigenvalue weighted by atomic mass is 35.5. The van der Waals surface area contributed by atoms with E-state index in [1.54, 1.807) is 12.3 Å². The minimum Gasteiger partial charge on any atom is -0.483 e. The molecule has 3 aromatic rings. The van der Waals surface area contributed by atoms with Crippen molar-refractivity contribution in [3.05, 3.63) is 74.7 Å². The van der Waals surface area contributed by atoms with Gasteiger partial charge < -0.3 is 4.74 Å². The van der Waals surface area contributed by atoms with Gasteiger partial charge in [0, 0.05) is 17.5 Å². The molecular formula is C19H16Cl2N2O2S. The number of carbonyl (C=O) groups excluding carboxylic acids is 1. The van der Waals surface area contributed by atoms with Gasteiger partial charge in [-0.3, -0.25) is 10.1 Å². The normalized spacial score (nSPS) is 10.6. The zero-order valence-electron chi connectivity index (χ0n) is 14.0. The number of amides is 1. The smallest absolute Gasteiger partial charge is 0.264 e. The molecule has 134 valence electrons. The predicted octanol–water partition coefficient (Wildman–Crippen LogP) is 5.37. The van der Waals surface area contributed by atoms with Gasteiger partial charge in [0.2, 0.25) is 0 Å². The number of anilines is 1. The fourth-order valence-corrected chi connectivity index (χ4v) is 3.50. The molecule has 2 aromatic carbocycles. The lowest BCUT2D eigenvalue weighted by atomic mass is 10.1. The number of para-hydroxylation sites is 1. The van der Waals surface area contributed by atoms with Crippen molar-refractivity contribution in [3.63, 3.8) is 0 Å². The standard InChI is InChI=1S/C19H16Cl2N2O2S/c1-12-4-2-3-5-17(12)25-11-18(24)23-19-22-10-14(26-19)8-13-6-7-15(20)16(21)9-13/h2-7,9-10H,8,11H2,1H3,(H,22,23,24). The van der Waals surface area contributed by atoms with Crippen molar-refractivity contribution in [2.75, 3.05) is 11.9 Å². The highest BCUT2D eigenvalue weighted by molar-refractivity contribution is 7.15. The third-order valence-electron chi connectivity index (χ3n) is 3.61. The van der Waals surface area contributed by atoms with E-state index < -0.39 is 0 Å². The lowest BCUT2D eigenvalue weighted by Crippen LogP contribution is -2.20. The molecule has 26 heavy (non-hydrogen) atoms. The van der Waals surface area contributed by atoms with Gasteiger partial charge in [-0.15, -0.1) is 11.3 Å². The molecule has 0 unspecified atom stereocenters. The van der Waals surface area contributed by atoms with Crippen LogP contribution in [0.15, 0.2) is 48.7 Å². The molecule has 0 spiro atoms. The molecule has 7 heteroatoms. The van der Waals surface area contributed by atoms with Gasteiger partial charge in [0.1, 0.15) is 5.75 Å². The summed E-state index contributed by atoms with van der Waals surface area (Å²) in [6.45, 7) is 1.87. The molecule has 0 radical (unpaired) electrons. The maximum absolute atomic E-state index is 12.0. The molecule has 0 saturated carbocycles. The summed E-state index contributed by atoms with van der Waals surface area (Å²) in [6, 6.07) is 13.1. The quantitative estimate of drug-likeness (QED) is 0.598. The maximum atomic E-state index is 12.0. The monoisotopic (exact) mass is 406 g/mol. The number of halogens is 2. The van der Waals surface area contributed by atoms with E-state index in [4.69, 9.17) is 27.9 Å². The third kappa shape index (κ3) is 4.97. The summed E-state index contributed by atoms with van der Waals surface area (Å²) in [5.41, 5.74) is 2.02. The van der Waals surface area contributed by atoms with E-state index in [1.165, 1.54) is 11.3 Å². The molecular weight excluding hydrogens is 391 g/mol. The van der Waals surface area contributed by atoms with Crippen LogP contribution in [0.2, 0.25) is 10.0 Å². The Labute approximate surface area is 165 Å². The SMILES string of the molecule is Cc1ccccc1OCC(=O)Nc1ncc(Cc2ccc(Cl)c(Cl)c2)s1. The summed E-state index contributed by atoms with van der Waals surface area (Å²) < 4.78 is 5.54. The summed E-state index contributed by atoms with van der Waals surface area (Å²) in [7, 11) is 0. The lowest BCUT2D eigenvalue weighted by Gasteiger charge is -2.08. The van der Waals surface area contributed by atoms with Crippen LogP contribution in [-0.4, -0.2) is 17.5 Å². The first kappa shape index (κ1) is 18.7. The molecule has 0 aliphatic heterocycles. The Morgan fingerprint density at radius 2 is 2.00 bits per heavy atom. The Hall–Kier alpha value is -2.08.